The van der Waals surface area contributed by atoms with Crippen LogP contribution in [0.15, 0.2) is 23.1 Å². The van der Waals surface area contributed by atoms with E-state index in [9.17, 15) is 18.0 Å². The number of aryl methyl sites for hydroxylation is 1. The van der Waals surface area contributed by atoms with E-state index in [1.54, 1.807) is 13.0 Å². The molecule has 0 spiro atoms. The molecule has 0 radical (unpaired) electrons. The van der Waals surface area contributed by atoms with Gasteiger partial charge in [0.25, 0.3) is 5.91 Å². The van der Waals surface area contributed by atoms with Gasteiger partial charge in [-0.2, -0.15) is 4.31 Å². The average Bonchev–Trinajstić information content (AvgIpc) is 2.71. The molecule has 8 heteroatoms. The quantitative estimate of drug-likeness (QED) is 0.665. The first-order chi connectivity index (χ1) is 13.3. The Morgan fingerprint density at radius 1 is 1.14 bits per heavy atom. The van der Waals surface area contributed by atoms with Gasteiger partial charge in [-0.1, -0.05) is 26.3 Å². The summed E-state index contributed by atoms with van der Waals surface area (Å²) in [5, 5.41) is 2.80. The van der Waals surface area contributed by atoms with Crippen molar-refractivity contribution in [2.75, 3.05) is 19.7 Å². The number of amides is 1. The molecule has 156 valence electrons. The molecule has 1 aromatic carbocycles. The Bertz CT molecular complexity index is 797. The molecule has 1 heterocycles. The number of piperidine rings is 1. The minimum atomic E-state index is -3.64. The average molecular weight is 411 g/mol. The van der Waals surface area contributed by atoms with Crippen molar-refractivity contribution in [1.82, 2.24) is 9.62 Å². The Hall–Kier alpha value is -1.93. The lowest BCUT2D eigenvalue weighted by atomic mass is 10.1. The Balaban J connectivity index is 2.10. The summed E-state index contributed by atoms with van der Waals surface area (Å²) < 4.78 is 32.2. The molecule has 0 atom stereocenters. The van der Waals surface area contributed by atoms with Gasteiger partial charge in [0, 0.05) is 19.1 Å². The highest BCUT2D eigenvalue weighted by Gasteiger charge is 2.27. The monoisotopic (exact) mass is 410 g/mol. The second-order valence-corrected chi connectivity index (χ2v) is 9.04. The van der Waals surface area contributed by atoms with Crippen LogP contribution in [0.5, 0.6) is 0 Å². The summed E-state index contributed by atoms with van der Waals surface area (Å²) in [6, 6.07) is 4.50. The fourth-order valence-corrected chi connectivity index (χ4v) is 4.75. The molecule has 1 saturated heterocycles. The van der Waals surface area contributed by atoms with Crippen LogP contribution in [0, 0.1) is 6.92 Å². The summed E-state index contributed by atoms with van der Waals surface area (Å²) >= 11 is 0. The maximum atomic E-state index is 12.8. The van der Waals surface area contributed by atoms with E-state index in [0.717, 1.165) is 32.1 Å². The molecular formula is C20H30N2O5S. The number of esters is 1. The summed E-state index contributed by atoms with van der Waals surface area (Å²) in [5.41, 5.74) is 0.761. The standard InChI is InChI=1S/C20H30N2O5S/c1-4-16(5-2)21-19(23)14-27-20(24)18-13-17(10-9-15(18)3)28(25,26)22-11-7-6-8-12-22/h9-10,13,16H,4-8,11-12,14H2,1-3H3,(H,21,23). The van der Waals surface area contributed by atoms with Crippen molar-refractivity contribution >= 4 is 21.9 Å². The Morgan fingerprint density at radius 2 is 1.79 bits per heavy atom. The number of rotatable bonds is 8. The van der Waals surface area contributed by atoms with Crippen molar-refractivity contribution in [2.24, 2.45) is 0 Å². The van der Waals surface area contributed by atoms with E-state index < -0.39 is 22.6 Å². The summed E-state index contributed by atoms with van der Waals surface area (Å²) in [7, 11) is -3.64. The van der Waals surface area contributed by atoms with Crippen molar-refractivity contribution in [1.29, 1.82) is 0 Å². The first kappa shape index (κ1) is 22.4. The smallest absolute Gasteiger partial charge is 0.338 e. The van der Waals surface area contributed by atoms with Crippen LogP contribution in [0.25, 0.3) is 0 Å². The SMILES string of the molecule is CCC(CC)NC(=O)COC(=O)c1cc(S(=O)(=O)N2CCCCC2)ccc1C. The Labute approximate surface area is 167 Å². The van der Waals surface area contributed by atoms with Crippen molar-refractivity contribution in [3.63, 3.8) is 0 Å². The lowest BCUT2D eigenvalue weighted by molar-refractivity contribution is -0.125. The number of sulfonamides is 1. The van der Waals surface area contributed by atoms with Crippen LogP contribution in [-0.4, -0.2) is 50.3 Å². The third kappa shape index (κ3) is 5.54. The molecule has 0 aliphatic carbocycles. The molecule has 0 unspecified atom stereocenters. The van der Waals surface area contributed by atoms with Crippen LogP contribution in [0.3, 0.4) is 0 Å². The highest BCUT2D eigenvalue weighted by Crippen LogP contribution is 2.23. The summed E-state index contributed by atoms with van der Waals surface area (Å²) in [5.74, 6) is -1.07. The summed E-state index contributed by atoms with van der Waals surface area (Å²) in [6.45, 7) is 6.24. The van der Waals surface area contributed by atoms with Crippen LogP contribution in [0.2, 0.25) is 0 Å². The molecule has 1 amide bonds. The molecule has 28 heavy (non-hydrogen) atoms. The first-order valence-electron chi connectivity index (χ1n) is 9.86. The predicted molar refractivity (Wildman–Crippen MR) is 107 cm³/mol. The number of ether oxygens (including phenoxy) is 1. The van der Waals surface area contributed by atoms with E-state index in [4.69, 9.17) is 4.74 Å². The fraction of sp³-hybridized carbons (Fsp3) is 0.600. The highest BCUT2D eigenvalue weighted by atomic mass is 32.2. The molecule has 0 saturated carbocycles. The molecule has 1 N–H and O–H groups in total. The van der Waals surface area contributed by atoms with Crippen molar-refractivity contribution in [2.45, 2.75) is 63.8 Å². The number of nitrogens with one attached hydrogen (secondary N) is 1. The topological polar surface area (TPSA) is 92.8 Å². The third-order valence-electron chi connectivity index (χ3n) is 5.07. The van der Waals surface area contributed by atoms with Gasteiger partial charge in [-0.3, -0.25) is 4.79 Å². The molecular weight excluding hydrogens is 380 g/mol. The lowest BCUT2D eigenvalue weighted by Gasteiger charge is -2.26. The van der Waals surface area contributed by atoms with E-state index >= 15 is 0 Å². The molecule has 0 aromatic heterocycles. The number of nitrogens with zero attached hydrogens (tertiary/aromatic N) is 1. The van der Waals surface area contributed by atoms with Crippen LogP contribution in [0.4, 0.5) is 0 Å². The van der Waals surface area contributed by atoms with Crippen LogP contribution in [0.1, 0.15) is 61.9 Å². The number of carbonyl (C=O) groups is 2. The van der Waals surface area contributed by atoms with E-state index in [-0.39, 0.29) is 22.4 Å². The molecule has 1 aliphatic heterocycles. The van der Waals surface area contributed by atoms with Gasteiger partial charge in [-0.05, 0) is 50.3 Å². The van der Waals surface area contributed by atoms with Gasteiger partial charge < -0.3 is 10.1 Å². The summed E-state index contributed by atoms with van der Waals surface area (Å²) in [4.78, 5) is 24.5. The van der Waals surface area contributed by atoms with Gasteiger partial charge >= 0.3 is 5.97 Å². The number of hydrogen-bond acceptors (Lipinski definition) is 5. The van der Waals surface area contributed by atoms with Gasteiger partial charge in [-0.25, -0.2) is 13.2 Å². The van der Waals surface area contributed by atoms with E-state index in [1.807, 2.05) is 13.8 Å². The molecule has 1 aliphatic rings. The van der Waals surface area contributed by atoms with Crippen LogP contribution < -0.4 is 5.32 Å². The van der Waals surface area contributed by atoms with Gasteiger partial charge in [0.2, 0.25) is 10.0 Å². The molecule has 1 fully saturated rings. The fourth-order valence-electron chi connectivity index (χ4n) is 3.21. The third-order valence-corrected chi connectivity index (χ3v) is 6.96. The zero-order valence-electron chi connectivity index (χ0n) is 16.9. The zero-order valence-corrected chi connectivity index (χ0v) is 17.7. The van der Waals surface area contributed by atoms with Gasteiger partial charge in [0.05, 0.1) is 10.5 Å². The highest BCUT2D eigenvalue weighted by molar-refractivity contribution is 7.89. The first-order valence-corrected chi connectivity index (χ1v) is 11.3. The minimum absolute atomic E-state index is 0.0472. The number of hydrogen-bond donors (Lipinski definition) is 1. The second-order valence-electron chi connectivity index (χ2n) is 7.10. The van der Waals surface area contributed by atoms with Crippen molar-refractivity contribution in [3.8, 4) is 0 Å². The van der Waals surface area contributed by atoms with Gasteiger partial charge in [0.1, 0.15) is 0 Å². The minimum Gasteiger partial charge on any atom is -0.452 e. The Kier molecular flexibility index (Phi) is 8.00. The maximum Gasteiger partial charge on any atom is 0.338 e. The van der Waals surface area contributed by atoms with Crippen LogP contribution in [-0.2, 0) is 19.6 Å². The number of carbonyl (C=O) groups excluding carboxylic acids is 2. The lowest BCUT2D eigenvalue weighted by Crippen LogP contribution is -2.37. The van der Waals surface area contributed by atoms with Crippen molar-refractivity contribution < 1.29 is 22.7 Å². The molecule has 2 rings (SSSR count). The maximum absolute atomic E-state index is 12.8. The van der Waals surface area contributed by atoms with E-state index in [1.165, 1.54) is 16.4 Å². The van der Waals surface area contributed by atoms with E-state index in [0.29, 0.717) is 18.7 Å². The molecule has 7 nitrogen and oxygen atoms in total. The normalized spacial score (nSPS) is 15.4. The zero-order chi connectivity index (χ0) is 20.7. The molecule has 1 aromatic rings. The van der Waals surface area contributed by atoms with Gasteiger partial charge in [0.15, 0.2) is 6.61 Å². The molecule has 0 bridgehead atoms. The second kappa shape index (κ2) is 10.0. The van der Waals surface area contributed by atoms with Crippen molar-refractivity contribution in [3.05, 3.63) is 29.3 Å². The summed E-state index contributed by atoms with van der Waals surface area (Å²) in [6.07, 6.45) is 4.30. The Morgan fingerprint density at radius 3 is 2.39 bits per heavy atom. The van der Waals surface area contributed by atoms with Gasteiger partial charge in [-0.15, -0.1) is 0 Å². The van der Waals surface area contributed by atoms with Crippen LogP contribution >= 0.6 is 0 Å². The largest absolute Gasteiger partial charge is 0.452 e. The number of benzene rings is 1. The van der Waals surface area contributed by atoms with E-state index in [2.05, 4.69) is 5.32 Å². The predicted octanol–water partition coefficient (Wildman–Crippen LogP) is 2.63.